The Morgan fingerprint density at radius 3 is 2.87 bits per heavy atom. The lowest BCUT2D eigenvalue weighted by Gasteiger charge is -2.13. The van der Waals surface area contributed by atoms with Crippen LogP contribution in [0.5, 0.6) is 5.88 Å². The molecule has 0 amide bonds. The number of rotatable bonds is 6. The summed E-state index contributed by atoms with van der Waals surface area (Å²) in [6, 6.07) is 3.61. The minimum absolute atomic E-state index is 0.00130. The topological polar surface area (TPSA) is 73.1 Å². The highest BCUT2D eigenvalue weighted by atomic mass is 16.5. The first kappa shape index (κ1) is 11.6. The van der Waals surface area contributed by atoms with Gasteiger partial charge in [-0.3, -0.25) is 11.3 Å². The number of methoxy groups -OCH3 is 1. The van der Waals surface area contributed by atoms with Crippen molar-refractivity contribution in [3.63, 3.8) is 0 Å². The van der Waals surface area contributed by atoms with Gasteiger partial charge in [0.05, 0.1) is 18.8 Å². The molecule has 1 aromatic heterocycles. The first-order valence-corrected chi connectivity index (χ1v) is 4.76. The molecule has 0 spiro atoms. The Labute approximate surface area is 89.3 Å². The predicted molar refractivity (Wildman–Crippen MR) is 58.1 cm³/mol. The van der Waals surface area contributed by atoms with Gasteiger partial charge in [0.25, 0.3) is 0 Å². The van der Waals surface area contributed by atoms with E-state index < -0.39 is 0 Å². The second kappa shape index (κ2) is 6.10. The van der Waals surface area contributed by atoms with Gasteiger partial charge >= 0.3 is 0 Å². The van der Waals surface area contributed by atoms with E-state index in [0.29, 0.717) is 5.88 Å². The molecule has 5 nitrogen and oxygen atoms in total. The molecule has 5 heteroatoms. The molecule has 0 aliphatic rings. The largest absolute Gasteiger partial charge is 0.480 e. The molecule has 82 valence electrons. The molecule has 0 aliphatic carbocycles. The molecular weight excluding hydrogens is 192 g/mol. The summed E-state index contributed by atoms with van der Waals surface area (Å²) in [6.45, 7) is 3.66. The lowest BCUT2D eigenvalue weighted by Crippen LogP contribution is -2.28. The van der Waals surface area contributed by atoms with Crippen molar-refractivity contribution in [2.24, 2.45) is 5.84 Å². The van der Waals surface area contributed by atoms with E-state index in [1.54, 1.807) is 13.2 Å². The van der Waals surface area contributed by atoms with Gasteiger partial charge in [-0.15, -0.1) is 11.7 Å². The monoisotopic (exact) mass is 208 g/mol. The fourth-order valence-corrected chi connectivity index (χ4v) is 1.23. The molecule has 0 saturated heterocycles. The third kappa shape index (κ3) is 3.30. The van der Waals surface area contributed by atoms with Crippen LogP contribution in [-0.2, 0) is 0 Å². The lowest BCUT2D eigenvalue weighted by molar-refractivity contribution is 0.388. The van der Waals surface area contributed by atoms with Crippen LogP contribution < -0.4 is 16.0 Å². The molecule has 1 rings (SSSR count). The SMILES string of the molecule is C=CCCC(NN)c1ccc(OC)nn1. The molecule has 1 aromatic rings. The van der Waals surface area contributed by atoms with E-state index in [0.717, 1.165) is 18.5 Å². The average molecular weight is 208 g/mol. The van der Waals surface area contributed by atoms with Crippen molar-refractivity contribution in [3.8, 4) is 5.88 Å². The van der Waals surface area contributed by atoms with Crippen LogP contribution >= 0.6 is 0 Å². The lowest BCUT2D eigenvalue weighted by atomic mass is 10.1. The number of nitrogens with zero attached hydrogens (tertiary/aromatic N) is 2. The number of hydrogen-bond acceptors (Lipinski definition) is 5. The van der Waals surface area contributed by atoms with Crippen molar-refractivity contribution in [2.75, 3.05) is 7.11 Å². The molecular formula is C10H16N4O. The number of allylic oxidation sites excluding steroid dienone is 1. The fraction of sp³-hybridized carbons (Fsp3) is 0.400. The summed E-state index contributed by atoms with van der Waals surface area (Å²) in [4.78, 5) is 0. The van der Waals surface area contributed by atoms with Crippen LogP contribution in [0.15, 0.2) is 24.8 Å². The zero-order valence-electron chi connectivity index (χ0n) is 8.81. The van der Waals surface area contributed by atoms with Gasteiger partial charge in [-0.1, -0.05) is 6.08 Å². The van der Waals surface area contributed by atoms with Crippen LogP contribution in [-0.4, -0.2) is 17.3 Å². The van der Waals surface area contributed by atoms with E-state index in [1.807, 2.05) is 12.1 Å². The van der Waals surface area contributed by atoms with Gasteiger partial charge in [0.1, 0.15) is 0 Å². The van der Waals surface area contributed by atoms with Crippen LogP contribution in [0.4, 0.5) is 0 Å². The zero-order chi connectivity index (χ0) is 11.1. The number of aromatic nitrogens is 2. The molecule has 1 unspecified atom stereocenters. The Morgan fingerprint density at radius 1 is 1.60 bits per heavy atom. The van der Waals surface area contributed by atoms with Crippen molar-refractivity contribution in [2.45, 2.75) is 18.9 Å². The number of hydrazine groups is 1. The highest BCUT2D eigenvalue weighted by Gasteiger charge is 2.10. The van der Waals surface area contributed by atoms with Gasteiger partial charge in [0, 0.05) is 6.07 Å². The van der Waals surface area contributed by atoms with Crippen molar-refractivity contribution in [1.82, 2.24) is 15.6 Å². The molecule has 0 fully saturated rings. The molecule has 0 bridgehead atoms. The van der Waals surface area contributed by atoms with Crippen molar-refractivity contribution in [1.29, 1.82) is 0 Å². The number of nitrogens with one attached hydrogen (secondary N) is 1. The molecule has 0 radical (unpaired) electrons. The van der Waals surface area contributed by atoms with Gasteiger partial charge in [0.2, 0.25) is 5.88 Å². The number of nitrogens with two attached hydrogens (primary N) is 1. The molecule has 0 aliphatic heterocycles. The Balaban J connectivity index is 2.69. The third-order valence-corrected chi connectivity index (χ3v) is 2.09. The van der Waals surface area contributed by atoms with E-state index in [4.69, 9.17) is 10.6 Å². The average Bonchev–Trinajstić information content (AvgIpc) is 2.31. The van der Waals surface area contributed by atoms with E-state index in [9.17, 15) is 0 Å². The quantitative estimate of drug-likeness (QED) is 0.414. The van der Waals surface area contributed by atoms with Gasteiger partial charge in [-0.25, -0.2) is 0 Å². The summed E-state index contributed by atoms with van der Waals surface area (Å²) >= 11 is 0. The van der Waals surface area contributed by atoms with Crippen LogP contribution in [0.2, 0.25) is 0 Å². The second-order valence-electron chi connectivity index (χ2n) is 3.09. The maximum atomic E-state index is 5.43. The summed E-state index contributed by atoms with van der Waals surface area (Å²) in [5.74, 6) is 5.93. The van der Waals surface area contributed by atoms with Crippen molar-refractivity contribution < 1.29 is 4.74 Å². The van der Waals surface area contributed by atoms with E-state index in [-0.39, 0.29) is 6.04 Å². The van der Waals surface area contributed by atoms with Crippen LogP contribution in [0.25, 0.3) is 0 Å². The minimum Gasteiger partial charge on any atom is -0.480 e. The highest BCUT2D eigenvalue weighted by molar-refractivity contribution is 5.14. The van der Waals surface area contributed by atoms with Crippen LogP contribution in [0, 0.1) is 0 Å². The molecule has 3 N–H and O–H groups in total. The normalized spacial score (nSPS) is 12.1. The molecule has 0 aromatic carbocycles. The molecule has 0 saturated carbocycles. The number of ether oxygens (including phenoxy) is 1. The third-order valence-electron chi connectivity index (χ3n) is 2.09. The fourth-order valence-electron chi connectivity index (χ4n) is 1.23. The summed E-state index contributed by atoms with van der Waals surface area (Å²) in [5, 5.41) is 7.90. The number of hydrogen-bond donors (Lipinski definition) is 2. The molecule has 1 heterocycles. The molecule has 1 atom stereocenters. The van der Waals surface area contributed by atoms with E-state index in [1.165, 1.54) is 0 Å². The van der Waals surface area contributed by atoms with E-state index >= 15 is 0 Å². The predicted octanol–water partition coefficient (Wildman–Crippen LogP) is 0.956. The Kier molecular flexibility index (Phi) is 4.73. The maximum Gasteiger partial charge on any atom is 0.233 e. The van der Waals surface area contributed by atoms with Crippen LogP contribution in [0.3, 0.4) is 0 Å². The van der Waals surface area contributed by atoms with Gasteiger partial charge in [-0.05, 0) is 18.9 Å². The second-order valence-corrected chi connectivity index (χ2v) is 3.09. The zero-order valence-corrected chi connectivity index (χ0v) is 8.81. The smallest absolute Gasteiger partial charge is 0.233 e. The Morgan fingerprint density at radius 2 is 2.40 bits per heavy atom. The first-order chi connectivity index (χ1) is 7.31. The molecule has 15 heavy (non-hydrogen) atoms. The van der Waals surface area contributed by atoms with Gasteiger partial charge < -0.3 is 4.74 Å². The summed E-state index contributed by atoms with van der Waals surface area (Å²) in [7, 11) is 1.56. The van der Waals surface area contributed by atoms with Crippen molar-refractivity contribution in [3.05, 3.63) is 30.5 Å². The Bertz CT molecular complexity index is 299. The maximum absolute atomic E-state index is 5.43. The summed E-state index contributed by atoms with van der Waals surface area (Å²) in [6.07, 6.45) is 3.57. The Hall–Kier alpha value is -1.46. The minimum atomic E-state index is 0.00130. The van der Waals surface area contributed by atoms with Crippen molar-refractivity contribution >= 4 is 0 Å². The van der Waals surface area contributed by atoms with Crippen LogP contribution in [0.1, 0.15) is 24.6 Å². The summed E-state index contributed by atoms with van der Waals surface area (Å²) in [5.41, 5.74) is 3.51. The van der Waals surface area contributed by atoms with Gasteiger partial charge in [-0.2, -0.15) is 5.10 Å². The first-order valence-electron chi connectivity index (χ1n) is 4.76. The summed E-state index contributed by atoms with van der Waals surface area (Å²) < 4.78 is 4.92. The highest BCUT2D eigenvalue weighted by Crippen LogP contribution is 2.16. The van der Waals surface area contributed by atoms with Gasteiger partial charge in [0.15, 0.2) is 0 Å². The van der Waals surface area contributed by atoms with E-state index in [2.05, 4.69) is 22.2 Å². The standard InChI is InChI=1S/C10H16N4O/c1-3-4-5-8(12-11)9-6-7-10(15-2)14-13-9/h3,6-8,12H,1,4-5,11H2,2H3.